The van der Waals surface area contributed by atoms with Gasteiger partial charge >= 0.3 is 0 Å². The molecule has 0 amide bonds. The zero-order chi connectivity index (χ0) is 15.0. The molecular weight excluding hydrogens is 288 g/mol. The molecule has 116 valence electrons. The molecule has 1 atom stereocenters. The van der Waals surface area contributed by atoms with Crippen molar-refractivity contribution >= 4 is 21.4 Å². The Bertz CT molecular complexity index is 624. The second-order valence-corrected chi connectivity index (χ2v) is 7.73. The maximum Gasteiger partial charge on any atom is 0.240 e. The number of nitrogen functional groups attached to an aromatic ring is 1. The minimum Gasteiger partial charge on any atom is -0.397 e. The fourth-order valence-corrected chi connectivity index (χ4v) is 4.05. The molecule has 3 fully saturated rings. The average Bonchev–Trinajstić information content (AvgIpc) is 2.50. The molecule has 0 aliphatic carbocycles. The van der Waals surface area contributed by atoms with Gasteiger partial charge in [-0.1, -0.05) is 0 Å². The van der Waals surface area contributed by atoms with Gasteiger partial charge in [-0.15, -0.1) is 0 Å². The Morgan fingerprint density at radius 2 is 2.00 bits per heavy atom. The van der Waals surface area contributed by atoms with Crippen molar-refractivity contribution in [3.8, 4) is 0 Å². The van der Waals surface area contributed by atoms with Crippen LogP contribution >= 0.6 is 0 Å². The van der Waals surface area contributed by atoms with E-state index in [2.05, 4.69) is 14.9 Å². The summed E-state index contributed by atoms with van der Waals surface area (Å²) in [6.45, 7) is 3.43. The minimum absolute atomic E-state index is 0.196. The first-order chi connectivity index (χ1) is 9.99. The summed E-state index contributed by atoms with van der Waals surface area (Å²) in [6, 6.07) is 5.26. The molecule has 0 radical (unpaired) electrons. The van der Waals surface area contributed by atoms with E-state index in [0.29, 0.717) is 17.6 Å². The first kappa shape index (κ1) is 14.6. The summed E-state index contributed by atoms with van der Waals surface area (Å²) in [5.41, 5.74) is 7.32. The van der Waals surface area contributed by atoms with Gasteiger partial charge in [0.05, 0.1) is 16.3 Å². The lowest BCUT2D eigenvalue weighted by Gasteiger charge is -2.45. The van der Waals surface area contributed by atoms with Gasteiger partial charge in [0.2, 0.25) is 10.0 Å². The normalized spacial score (nSPS) is 28.5. The van der Waals surface area contributed by atoms with Crippen LogP contribution in [0.2, 0.25) is 0 Å². The highest BCUT2D eigenvalue weighted by Crippen LogP contribution is 2.31. The number of hydrogen-bond acceptors (Lipinski definition) is 5. The van der Waals surface area contributed by atoms with Crippen LogP contribution in [0.15, 0.2) is 23.1 Å². The number of nitrogens with two attached hydrogens (primary N) is 1. The second kappa shape index (κ2) is 5.47. The molecule has 4 rings (SSSR count). The van der Waals surface area contributed by atoms with E-state index in [1.165, 1.54) is 39.0 Å². The number of nitrogens with zero attached hydrogens (tertiary/aromatic N) is 1. The molecule has 3 heterocycles. The molecule has 7 heteroatoms. The molecule has 0 saturated carbocycles. The molecule has 21 heavy (non-hydrogen) atoms. The predicted octanol–water partition coefficient (Wildman–Crippen LogP) is 0.683. The number of sulfonamides is 1. The number of benzene rings is 1. The van der Waals surface area contributed by atoms with Crippen molar-refractivity contribution in [2.75, 3.05) is 37.7 Å². The maximum atomic E-state index is 11.8. The van der Waals surface area contributed by atoms with E-state index in [-0.39, 0.29) is 4.90 Å². The van der Waals surface area contributed by atoms with Crippen LogP contribution in [0, 0.1) is 5.92 Å². The van der Waals surface area contributed by atoms with Crippen LogP contribution < -0.4 is 15.8 Å². The summed E-state index contributed by atoms with van der Waals surface area (Å²) in [4.78, 5) is 2.66. The third-order valence-corrected chi connectivity index (χ3v) is 6.01. The topological polar surface area (TPSA) is 87.5 Å². The van der Waals surface area contributed by atoms with E-state index in [0.717, 1.165) is 12.2 Å². The highest BCUT2D eigenvalue weighted by atomic mass is 32.2. The molecule has 3 aliphatic rings. The quantitative estimate of drug-likeness (QED) is 0.712. The maximum absolute atomic E-state index is 11.8. The van der Waals surface area contributed by atoms with Crippen LogP contribution in [0.1, 0.15) is 12.8 Å². The zero-order valence-corrected chi connectivity index (χ0v) is 13.0. The SMILES string of the molecule is CNS(=O)(=O)c1ccc(NC2CN3CCC2CC3)c(N)c1. The van der Waals surface area contributed by atoms with Gasteiger partial charge in [-0.05, 0) is 57.1 Å². The number of fused-ring (bicyclic) bond motifs is 3. The first-order valence-electron chi connectivity index (χ1n) is 7.31. The van der Waals surface area contributed by atoms with E-state index in [1.54, 1.807) is 12.1 Å². The largest absolute Gasteiger partial charge is 0.397 e. The van der Waals surface area contributed by atoms with Gasteiger partial charge in [0.25, 0.3) is 0 Å². The standard InChI is InChI=1S/C14H22N4O2S/c1-16-21(19,20)11-2-3-13(12(15)8-11)17-14-9-18-6-4-10(14)5-7-18/h2-3,8,10,14,16-17H,4-7,9,15H2,1H3. The van der Waals surface area contributed by atoms with E-state index >= 15 is 0 Å². The predicted molar refractivity (Wildman–Crippen MR) is 83.7 cm³/mol. The fourth-order valence-electron chi connectivity index (χ4n) is 3.29. The van der Waals surface area contributed by atoms with Gasteiger partial charge in [0.15, 0.2) is 0 Å². The highest BCUT2D eigenvalue weighted by molar-refractivity contribution is 7.89. The van der Waals surface area contributed by atoms with Crippen LogP contribution in [0.25, 0.3) is 0 Å². The van der Waals surface area contributed by atoms with E-state index in [4.69, 9.17) is 5.73 Å². The Balaban J connectivity index is 1.78. The van der Waals surface area contributed by atoms with Crippen LogP contribution in [-0.2, 0) is 10.0 Å². The van der Waals surface area contributed by atoms with Crippen molar-refractivity contribution in [3.63, 3.8) is 0 Å². The molecule has 1 aromatic carbocycles. The molecule has 6 nitrogen and oxygen atoms in total. The van der Waals surface area contributed by atoms with Gasteiger partial charge in [0, 0.05) is 12.6 Å². The number of anilines is 2. The van der Waals surface area contributed by atoms with Crippen LogP contribution in [0.5, 0.6) is 0 Å². The van der Waals surface area contributed by atoms with Crippen molar-refractivity contribution in [2.45, 2.75) is 23.8 Å². The lowest BCUT2D eigenvalue weighted by molar-refractivity contribution is 0.0975. The molecule has 1 aromatic rings. The smallest absolute Gasteiger partial charge is 0.240 e. The van der Waals surface area contributed by atoms with Crippen molar-refractivity contribution < 1.29 is 8.42 Å². The van der Waals surface area contributed by atoms with Crippen LogP contribution in [0.4, 0.5) is 11.4 Å². The Kier molecular flexibility index (Phi) is 3.81. The molecule has 0 aromatic heterocycles. The van der Waals surface area contributed by atoms with Gasteiger partial charge in [0.1, 0.15) is 0 Å². The van der Waals surface area contributed by atoms with Crippen molar-refractivity contribution in [1.29, 1.82) is 0 Å². The molecule has 2 bridgehead atoms. The Hall–Kier alpha value is -1.31. The van der Waals surface area contributed by atoms with Gasteiger partial charge in [-0.2, -0.15) is 0 Å². The highest BCUT2D eigenvalue weighted by Gasteiger charge is 2.34. The van der Waals surface area contributed by atoms with Crippen molar-refractivity contribution in [2.24, 2.45) is 5.92 Å². The molecule has 4 N–H and O–H groups in total. The lowest BCUT2D eigenvalue weighted by atomic mass is 9.84. The Labute approximate surface area is 125 Å². The summed E-state index contributed by atoms with van der Waals surface area (Å²) in [7, 11) is -2.05. The number of nitrogens with one attached hydrogen (secondary N) is 2. The summed E-state index contributed by atoms with van der Waals surface area (Å²) in [5, 5.41) is 3.50. The molecule has 3 aliphatic heterocycles. The zero-order valence-electron chi connectivity index (χ0n) is 12.2. The summed E-state index contributed by atoms with van der Waals surface area (Å²) in [6.07, 6.45) is 2.45. The van der Waals surface area contributed by atoms with E-state index < -0.39 is 10.0 Å². The number of rotatable bonds is 4. The Morgan fingerprint density at radius 1 is 1.29 bits per heavy atom. The second-order valence-electron chi connectivity index (χ2n) is 5.85. The summed E-state index contributed by atoms with van der Waals surface area (Å²) >= 11 is 0. The van der Waals surface area contributed by atoms with Crippen LogP contribution in [-0.4, -0.2) is 46.0 Å². The summed E-state index contributed by atoms with van der Waals surface area (Å²) in [5.74, 6) is 0.690. The molecule has 3 saturated heterocycles. The minimum atomic E-state index is -3.44. The summed E-state index contributed by atoms with van der Waals surface area (Å²) < 4.78 is 25.8. The lowest BCUT2D eigenvalue weighted by Crippen LogP contribution is -2.53. The van der Waals surface area contributed by atoms with E-state index in [9.17, 15) is 8.42 Å². The average molecular weight is 310 g/mol. The van der Waals surface area contributed by atoms with Gasteiger partial charge in [-0.3, -0.25) is 0 Å². The van der Waals surface area contributed by atoms with Crippen LogP contribution in [0.3, 0.4) is 0 Å². The van der Waals surface area contributed by atoms with Crippen molar-refractivity contribution in [3.05, 3.63) is 18.2 Å². The molecule has 1 unspecified atom stereocenters. The fraction of sp³-hybridized carbons (Fsp3) is 0.571. The monoisotopic (exact) mass is 310 g/mol. The number of hydrogen-bond donors (Lipinski definition) is 3. The third kappa shape index (κ3) is 2.86. The van der Waals surface area contributed by atoms with Gasteiger partial charge in [-0.25, -0.2) is 13.1 Å². The van der Waals surface area contributed by atoms with E-state index in [1.807, 2.05) is 0 Å². The van der Waals surface area contributed by atoms with Gasteiger partial charge < -0.3 is 16.0 Å². The molecular formula is C14H22N4O2S. The first-order valence-corrected chi connectivity index (χ1v) is 8.80. The third-order valence-electron chi connectivity index (χ3n) is 4.60. The molecule has 0 spiro atoms. The number of piperidine rings is 3. The van der Waals surface area contributed by atoms with Crippen molar-refractivity contribution in [1.82, 2.24) is 9.62 Å². The Morgan fingerprint density at radius 3 is 2.52 bits per heavy atom.